The molecule has 0 aliphatic carbocycles. The molecule has 0 aromatic carbocycles. The van der Waals surface area contributed by atoms with Gasteiger partial charge < -0.3 is 0 Å². The highest BCUT2D eigenvalue weighted by Crippen LogP contribution is 2.07. The van der Waals surface area contributed by atoms with Crippen LogP contribution in [0.15, 0.2) is 11.6 Å². The summed E-state index contributed by atoms with van der Waals surface area (Å²) in [5, 5.41) is 3.40. The molecule has 0 spiro atoms. The van der Waals surface area contributed by atoms with E-state index in [2.05, 4.69) is 11.8 Å². The van der Waals surface area contributed by atoms with E-state index in [1.54, 1.807) is 6.20 Å². The summed E-state index contributed by atoms with van der Waals surface area (Å²) < 4.78 is 0. The maximum Gasteiger partial charge on any atom is 0.0767 e. The average Bonchev–Trinajstić information content (AvgIpc) is 2.19. The van der Waals surface area contributed by atoms with Gasteiger partial charge in [0.05, 0.1) is 12.8 Å². The van der Waals surface area contributed by atoms with Crippen molar-refractivity contribution in [1.82, 2.24) is 10.0 Å². The van der Waals surface area contributed by atoms with Gasteiger partial charge in [-0.05, 0) is 18.9 Å². The molecule has 3 nitrogen and oxygen atoms in total. The van der Waals surface area contributed by atoms with Gasteiger partial charge in [0.2, 0.25) is 0 Å². The molecule has 0 fully saturated rings. The lowest BCUT2D eigenvalue weighted by molar-refractivity contribution is -0.122. The molecule has 0 saturated carbocycles. The Balaban J connectivity index is 2.16. The number of hydrogen-bond donors (Lipinski definition) is 1. The number of nitrogens with one attached hydrogen (secondary N) is 1. The monoisotopic (exact) mass is 131 g/mol. The third-order valence-electron chi connectivity index (χ3n) is 0.637. The first-order valence-electron chi connectivity index (χ1n) is 2.23. The van der Waals surface area contributed by atoms with Crippen LogP contribution in [0.2, 0.25) is 0 Å². The SMILES string of the molecule is [CH2]CON1C=CSN1. The Bertz CT molecular complexity index is 96.0. The van der Waals surface area contributed by atoms with E-state index < -0.39 is 0 Å². The number of hydrogen-bond acceptors (Lipinski definition) is 4. The molecule has 0 atom stereocenters. The Morgan fingerprint density at radius 2 is 2.75 bits per heavy atom. The van der Waals surface area contributed by atoms with Crippen LogP contribution in [0.3, 0.4) is 0 Å². The van der Waals surface area contributed by atoms with Crippen molar-refractivity contribution in [3.8, 4) is 0 Å². The molecule has 4 heteroatoms. The molecule has 0 amide bonds. The minimum Gasteiger partial charge on any atom is -0.258 e. The zero-order valence-electron chi connectivity index (χ0n) is 4.33. The van der Waals surface area contributed by atoms with Crippen molar-refractivity contribution >= 4 is 11.9 Å². The summed E-state index contributed by atoms with van der Waals surface area (Å²) in [6.45, 7) is 3.94. The maximum atomic E-state index is 4.91. The first kappa shape index (κ1) is 5.94. The summed E-state index contributed by atoms with van der Waals surface area (Å²) in [5.74, 6) is 0. The molecular formula is C4H7N2OS. The molecule has 1 N–H and O–H groups in total. The van der Waals surface area contributed by atoms with Crippen LogP contribution in [0.4, 0.5) is 0 Å². The van der Waals surface area contributed by atoms with Gasteiger partial charge in [-0.3, -0.25) is 4.84 Å². The molecule has 0 unspecified atom stereocenters. The topological polar surface area (TPSA) is 24.5 Å². The highest BCUT2D eigenvalue weighted by molar-refractivity contribution is 8.00. The van der Waals surface area contributed by atoms with Gasteiger partial charge in [0.15, 0.2) is 0 Å². The van der Waals surface area contributed by atoms with Crippen LogP contribution in [-0.2, 0) is 4.84 Å². The van der Waals surface area contributed by atoms with Gasteiger partial charge in [0, 0.05) is 5.41 Å². The molecule has 0 saturated heterocycles. The first-order valence-corrected chi connectivity index (χ1v) is 3.11. The average molecular weight is 131 g/mol. The van der Waals surface area contributed by atoms with Gasteiger partial charge in [-0.15, -0.1) is 4.83 Å². The predicted molar refractivity (Wildman–Crippen MR) is 33.0 cm³/mol. The first-order chi connectivity index (χ1) is 3.93. The van der Waals surface area contributed by atoms with Gasteiger partial charge >= 0.3 is 0 Å². The van der Waals surface area contributed by atoms with Crippen LogP contribution in [-0.4, -0.2) is 11.8 Å². The van der Waals surface area contributed by atoms with Gasteiger partial charge in [-0.25, -0.2) is 0 Å². The molecule has 1 radical (unpaired) electrons. The van der Waals surface area contributed by atoms with E-state index in [1.807, 2.05) is 5.41 Å². The van der Waals surface area contributed by atoms with Crippen molar-refractivity contribution in [2.75, 3.05) is 6.61 Å². The number of hydroxylamine groups is 1. The smallest absolute Gasteiger partial charge is 0.0767 e. The van der Waals surface area contributed by atoms with E-state index in [9.17, 15) is 0 Å². The fraction of sp³-hybridized carbons (Fsp3) is 0.250. The summed E-state index contributed by atoms with van der Waals surface area (Å²) in [6.07, 6.45) is 1.79. The molecule has 1 aliphatic rings. The van der Waals surface area contributed by atoms with E-state index in [1.165, 1.54) is 17.1 Å². The van der Waals surface area contributed by atoms with Crippen molar-refractivity contribution in [2.24, 2.45) is 0 Å². The minimum atomic E-state index is 0.442. The van der Waals surface area contributed by atoms with Crippen LogP contribution >= 0.6 is 11.9 Å². The zero-order chi connectivity index (χ0) is 5.82. The lowest BCUT2D eigenvalue weighted by atomic mass is 10.9. The van der Waals surface area contributed by atoms with Gasteiger partial charge in [0.25, 0.3) is 0 Å². The molecule has 1 rings (SSSR count). The Morgan fingerprint density at radius 1 is 1.88 bits per heavy atom. The number of rotatable bonds is 2. The molecule has 8 heavy (non-hydrogen) atoms. The van der Waals surface area contributed by atoms with E-state index in [-0.39, 0.29) is 0 Å². The van der Waals surface area contributed by atoms with E-state index in [4.69, 9.17) is 4.84 Å². The molecule has 0 aromatic rings. The predicted octanol–water partition coefficient (Wildman–Crippen LogP) is 0.692. The Morgan fingerprint density at radius 3 is 3.25 bits per heavy atom. The van der Waals surface area contributed by atoms with E-state index in [0.717, 1.165) is 0 Å². The van der Waals surface area contributed by atoms with Crippen LogP contribution < -0.4 is 4.83 Å². The second-order valence-electron chi connectivity index (χ2n) is 1.15. The lowest BCUT2D eigenvalue weighted by Crippen LogP contribution is -2.23. The summed E-state index contributed by atoms with van der Waals surface area (Å²) in [4.78, 5) is 7.74. The molecule has 0 bridgehead atoms. The highest BCUT2D eigenvalue weighted by Gasteiger charge is 2.00. The quantitative estimate of drug-likeness (QED) is 0.557. The van der Waals surface area contributed by atoms with E-state index in [0.29, 0.717) is 6.61 Å². The summed E-state index contributed by atoms with van der Waals surface area (Å²) in [6, 6.07) is 0. The molecule has 45 valence electrons. The van der Waals surface area contributed by atoms with Crippen LogP contribution in [0.5, 0.6) is 0 Å². The summed E-state index contributed by atoms with van der Waals surface area (Å²) in [7, 11) is 0. The Hall–Kier alpha value is -0.190. The van der Waals surface area contributed by atoms with Crippen molar-refractivity contribution in [1.29, 1.82) is 0 Å². The van der Waals surface area contributed by atoms with Crippen molar-refractivity contribution in [2.45, 2.75) is 0 Å². The fourth-order valence-corrected chi connectivity index (χ4v) is 0.816. The maximum absolute atomic E-state index is 4.91. The zero-order valence-corrected chi connectivity index (χ0v) is 5.15. The Kier molecular flexibility index (Phi) is 2.20. The van der Waals surface area contributed by atoms with Gasteiger partial charge in [-0.2, -0.15) is 5.17 Å². The highest BCUT2D eigenvalue weighted by atomic mass is 32.2. The van der Waals surface area contributed by atoms with Gasteiger partial charge in [-0.1, -0.05) is 0 Å². The second-order valence-corrected chi connectivity index (χ2v) is 1.84. The van der Waals surface area contributed by atoms with E-state index >= 15 is 0 Å². The molecule has 0 aromatic heterocycles. The second kappa shape index (κ2) is 2.96. The fourth-order valence-electron chi connectivity index (χ4n) is 0.366. The number of hydrazine groups is 1. The summed E-state index contributed by atoms with van der Waals surface area (Å²) >= 11 is 1.46. The van der Waals surface area contributed by atoms with Crippen LogP contribution in [0.1, 0.15) is 0 Å². The molecule has 1 aliphatic heterocycles. The van der Waals surface area contributed by atoms with Crippen molar-refractivity contribution < 1.29 is 4.84 Å². The van der Waals surface area contributed by atoms with Crippen molar-refractivity contribution in [3.63, 3.8) is 0 Å². The van der Waals surface area contributed by atoms with Crippen LogP contribution in [0.25, 0.3) is 0 Å². The standard InChI is InChI=1S/C4H7N2OS/c1-2-7-6-3-4-8-5-6/h3-5H,1-2H2. The van der Waals surface area contributed by atoms with Crippen LogP contribution in [0, 0.1) is 6.92 Å². The summed E-state index contributed by atoms with van der Waals surface area (Å²) in [5.41, 5.74) is 0. The van der Waals surface area contributed by atoms with Gasteiger partial charge in [0.1, 0.15) is 0 Å². The van der Waals surface area contributed by atoms with Crippen molar-refractivity contribution in [3.05, 3.63) is 18.5 Å². The minimum absolute atomic E-state index is 0.442. The molecule has 1 heterocycles. The third-order valence-corrected chi connectivity index (χ3v) is 1.18. The lowest BCUT2D eigenvalue weighted by Gasteiger charge is -2.11. The molecular weight excluding hydrogens is 124 g/mol. The largest absolute Gasteiger partial charge is 0.258 e. The third kappa shape index (κ3) is 1.40. The Labute approximate surface area is 52.7 Å². The normalized spacial score (nSPS) is 17.9. The number of nitrogens with zero attached hydrogens (tertiary/aromatic N) is 1.